The fourth-order valence-corrected chi connectivity index (χ4v) is 4.23. The van der Waals surface area contributed by atoms with Crippen molar-refractivity contribution in [1.82, 2.24) is 4.90 Å². The first-order valence-corrected chi connectivity index (χ1v) is 11.6. The van der Waals surface area contributed by atoms with Crippen LogP contribution in [0.25, 0.3) is 0 Å². The average molecular weight is 492 g/mol. The zero-order chi connectivity index (χ0) is 25.5. The highest BCUT2D eigenvalue weighted by atomic mass is 16.5. The predicted molar refractivity (Wildman–Crippen MR) is 133 cm³/mol. The molecule has 0 radical (unpaired) electrons. The molecule has 1 heterocycles. The minimum atomic E-state index is -0.418. The fourth-order valence-electron chi connectivity index (χ4n) is 4.23. The minimum Gasteiger partial charge on any atom is -0.493 e. The van der Waals surface area contributed by atoms with Crippen molar-refractivity contribution in [3.8, 4) is 23.0 Å². The average Bonchev–Trinajstić information content (AvgIpc) is 2.94. The van der Waals surface area contributed by atoms with Crippen molar-refractivity contribution in [3.05, 3.63) is 83.4 Å². The van der Waals surface area contributed by atoms with Gasteiger partial charge in [0.1, 0.15) is 18.1 Å². The Morgan fingerprint density at radius 1 is 0.861 bits per heavy atom. The summed E-state index contributed by atoms with van der Waals surface area (Å²) in [6.07, 6.45) is 0.664. The second-order valence-electron chi connectivity index (χ2n) is 8.19. The molecule has 1 amide bonds. The summed E-state index contributed by atoms with van der Waals surface area (Å²) in [4.78, 5) is 26.8. The molecule has 0 unspecified atom stereocenters. The number of amides is 1. The summed E-state index contributed by atoms with van der Waals surface area (Å²) in [5, 5.41) is 0. The number of para-hydroxylation sites is 1. The molecule has 1 atom stereocenters. The van der Waals surface area contributed by atoms with Gasteiger partial charge >= 0.3 is 5.97 Å². The Labute approximate surface area is 210 Å². The van der Waals surface area contributed by atoms with E-state index in [1.165, 1.54) is 7.11 Å². The van der Waals surface area contributed by atoms with E-state index in [-0.39, 0.29) is 25.2 Å². The zero-order valence-electron chi connectivity index (χ0n) is 20.6. The van der Waals surface area contributed by atoms with E-state index in [1.54, 1.807) is 43.4 Å². The highest BCUT2D eigenvalue weighted by molar-refractivity contribution is 5.89. The summed E-state index contributed by atoms with van der Waals surface area (Å²) in [5.74, 6) is 1.87. The Morgan fingerprint density at radius 2 is 1.53 bits per heavy atom. The second-order valence-corrected chi connectivity index (χ2v) is 8.19. The minimum absolute atomic E-state index is 0.0863. The first kappa shape index (κ1) is 24.9. The largest absolute Gasteiger partial charge is 0.493 e. The Morgan fingerprint density at radius 3 is 2.19 bits per heavy atom. The van der Waals surface area contributed by atoms with Crippen LogP contribution in [0.15, 0.2) is 66.7 Å². The van der Waals surface area contributed by atoms with E-state index in [9.17, 15) is 9.59 Å². The number of esters is 1. The molecule has 0 saturated heterocycles. The van der Waals surface area contributed by atoms with Crippen molar-refractivity contribution in [1.29, 1.82) is 0 Å². The summed E-state index contributed by atoms with van der Waals surface area (Å²) in [5.41, 5.74) is 2.42. The molecule has 0 bridgehead atoms. The molecule has 3 aromatic rings. The molecule has 8 nitrogen and oxygen atoms in total. The fraction of sp³-hybridized carbons (Fsp3) is 0.286. The topological polar surface area (TPSA) is 83.5 Å². The lowest BCUT2D eigenvalue weighted by Gasteiger charge is -2.37. The van der Waals surface area contributed by atoms with Crippen LogP contribution in [0, 0.1) is 0 Å². The van der Waals surface area contributed by atoms with Crippen LogP contribution in [0.4, 0.5) is 0 Å². The van der Waals surface area contributed by atoms with Gasteiger partial charge in [-0.25, -0.2) is 4.79 Å². The van der Waals surface area contributed by atoms with Crippen molar-refractivity contribution in [3.63, 3.8) is 0 Å². The number of nitrogens with zero attached hydrogens (tertiary/aromatic N) is 1. The molecule has 1 aliphatic heterocycles. The Bertz CT molecular complexity index is 1190. The lowest BCUT2D eigenvalue weighted by molar-refractivity contribution is -0.137. The van der Waals surface area contributed by atoms with Crippen molar-refractivity contribution >= 4 is 11.9 Å². The van der Waals surface area contributed by atoms with E-state index in [2.05, 4.69) is 0 Å². The van der Waals surface area contributed by atoms with E-state index in [0.29, 0.717) is 41.5 Å². The van der Waals surface area contributed by atoms with Crippen LogP contribution >= 0.6 is 0 Å². The number of ether oxygens (including phenoxy) is 5. The highest BCUT2D eigenvalue weighted by Crippen LogP contribution is 2.38. The van der Waals surface area contributed by atoms with Crippen LogP contribution in [0.5, 0.6) is 23.0 Å². The maximum absolute atomic E-state index is 13.3. The van der Waals surface area contributed by atoms with Gasteiger partial charge in [-0.05, 0) is 66.1 Å². The number of fused-ring (bicyclic) bond motifs is 1. The van der Waals surface area contributed by atoms with E-state index in [1.807, 2.05) is 42.5 Å². The maximum atomic E-state index is 13.3. The lowest BCUT2D eigenvalue weighted by atomic mass is 9.92. The molecule has 0 aliphatic carbocycles. The number of carbonyl (C=O) groups is 2. The Hall–Kier alpha value is -4.20. The molecule has 0 saturated carbocycles. The Balaban J connectivity index is 1.57. The SMILES string of the molecule is COC(=O)c1ccc(OC[C@@H]2c3cc(OC)c(OC)cc3CCN2C(=O)COc2ccccc2)cc1. The van der Waals surface area contributed by atoms with Crippen LogP contribution < -0.4 is 18.9 Å². The predicted octanol–water partition coefficient (Wildman–Crippen LogP) is 4.07. The normalized spacial score (nSPS) is 14.4. The van der Waals surface area contributed by atoms with Gasteiger partial charge in [-0.15, -0.1) is 0 Å². The molecule has 188 valence electrons. The van der Waals surface area contributed by atoms with Gasteiger partial charge in [-0.2, -0.15) is 0 Å². The van der Waals surface area contributed by atoms with Crippen molar-refractivity contribution in [2.45, 2.75) is 12.5 Å². The molecule has 0 N–H and O–H groups in total. The maximum Gasteiger partial charge on any atom is 0.337 e. The summed E-state index contributed by atoms with van der Waals surface area (Å²) >= 11 is 0. The van der Waals surface area contributed by atoms with Crippen LogP contribution in [0.3, 0.4) is 0 Å². The summed E-state index contributed by atoms with van der Waals surface area (Å²) in [7, 11) is 4.52. The van der Waals surface area contributed by atoms with Gasteiger partial charge in [-0.3, -0.25) is 4.79 Å². The van der Waals surface area contributed by atoms with Gasteiger partial charge < -0.3 is 28.6 Å². The van der Waals surface area contributed by atoms with Gasteiger partial charge in [0.2, 0.25) is 0 Å². The number of hydrogen-bond donors (Lipinski definition) is 0. The molecule has 0 spiro atoms. The summed E-state index contributed by atoms with van der Waals surface area (Å²) in [6.45, 7) is 0.628. The Kier molecular flexibility index (Phi) is 7.95. The quantitative estimate of drug-likeness (QED) is 0.417. The monoisotopic (exact) mass is 491 g/mol. The van der Waals surface area contributed by atoms with E-state index in [0.717, 1.165) is 11.1 Å². The first-order chi connectivity index (χ1) is 17.5. The van der Waals surface area contributed by atoms with Crippen molar-refractivity contribution in [2.24, 2.45) is 0 Å². The number of carbonyl (C=O) groups excluding carboxylic acids is 2. The number of benzene rings is 3. The van der Waals surface area contributed by atoms with Crippen molar-refractivity contribution in [2.75, 3.05) is 41.1 Å². The molecule has 1 aliphatic rings. The second kappa shape index (κ2) is 11.5. The molecular weight excluding hydrogens is 462 g/mol. The van der Waals surface area contributed by atoms with Gasteiger partial charge in [0, 0.05) is 6.54 Å². The smallest absolute Gasteiger partial charge is 0.337 e. The van der Waals surface area contributed by atoms with E-state index >= 15 is 0 Å². The molecule has 36 heavy (non-hydrogen) atoms. The third kappa shape index (κ3) is 5.54. The number of methoxy groups -OCH3 is 3. The number of hydrogen-bond acceptors (Lipinski definition) is 7. The van der Waals surface area contributed by atoms with Crippen LogP contribution in [-0.2, 0) is 16.0 Å². The van der Waals surface area contributed by atoms with Gasteiger partial charge in [-0.1, -0.05) is 18.2 Å². The van der Waals surface area contributed by atoms with Crippen LogP contribution in [-0.4, -0.2) is 57.9 Å². The highest BCUT2D eigenvalue weighted by Gasteiger charge is 2.33. The molecule has 8 heteroatoms. The number of rotatable bonds is 9. The first-order valence-electron chi connectivity index (χ1n) is 11.6. The van der Waals surface area contributed by atoms with Gasteiger partial charge in [0.15, 0.2) is 18.1 Å². The lowest BCUT2D eigenvalue weighted by Crippen LogP contribution is -2.44. The van der Waals surface area contributed by atoms with Gasteiger partial charge in [0.25, 0.3) is 5.91 Å². The third-order valence-corrected chi connectivity index (χ3v) is 6.11. The zero-order valence-corrected chi connectivity index (χ0v) is 20.6. The van der Waals surface area contributed by atoms with Crippen molar-refractivity contribution < 1.29 is 33.3 Å². The van der Waals surface area contributed by atoms with Crippen LogP contribution in [0.2, 0.25) is 0 Å². The van der Waals surface area contributed by atoms with E-state index < -0.39 is 5.97 Å². The van der Waals surface area contributed by atoms with E-state index in [4.69, 9.17) is 23.7 Å². The molecule has 0 fully saturated rings. The molecule has 4 rings (SSSR count). The summed E-state index contributed by atoms with van der Waals surface area (Å²) in [6, 6.07) is 19.4. The molecule has 3 aromatic carbocycles. The summed E-state index contributed by atoms with van der Waals surface area (Å²) < 4.78 is 27.6. The molecular formula is C28H29NO7. The van der Waals surface area contributed by atoms with Crippen LogP contribution in [0.1, 0.15) is 27.5 Å². The third-order valence-electron chi connectivity index (χ3n) is 6.11. The standard InChI is InChI=1S/C28H29NO7/c1-32-25-15-20-13-14-29(27(30)18-36-21-7-5-4-6-8-21)24(23(20)16-26(25)33-2)17-35-22-11-9-19(10-12-22)28(31)34-3/h4-12,15-16,24H,13-14,17-18H2,1-3H3/t24-/m1/s1. The van der Waals surface area contributed by atoms with Gasteiger partial charge in [0.05, 0.1) is 32.9 Å². The molecule has 0 aromatic heterocycles.